The van der Waals surface area contributed by atoms with Crippen LogP contribution in [0.15, 0.2) is 30.3 Å². The van der Waals surface area contributed by atoms with E-state index in [1.165, 1.54) is 24.9 Å². The first-order valence-corrected chi connectivity index (χ1v) is 8.38. The molecule has 3 nitrogen and oxygen atoms in total. The Morgan fingerprint density at radius 2 is 1.95 bits per heavy atom. The van der Waals surface area contributed by atoms with E-state index in [2.05, 4.69) is 40.5 Å². The molecule has 0 bridgehead atoms. The Balaban J connectivity index is 1.43. The van der Waals surface area contributed by atoms with Gasteiger partial charge in [-0.05, 0) is 44.2 Å². The fourth-order valence-corrected chi connectivity index (χ4v) is 3.30. The monoisotopic (exact) mass is 286 g/mol. The molecule has 2 fully saturated rings. The fourth-order valence-electron chi connectivity index (χ4n) is 3.30. The summed E-state index contributed by atoms with van der Waals surface area (Å²) >= 11 is 0. The summed E-state index contributed by atoms with van der Waals surface area (Å²) in [4.78, 5) is 14.6. The molecule has 3 rings (SSSR count). The number of nitrogens with one attached hydrogen (secondary N) is 1. The predicted molar refractivity (Wildman–Crippen MR) is 85.1 cm³/mol. The Hall–Kier alpha value is -1.35. The van der Waals surface area contributed by atoms with Crippen LogP contribution in [0.4, 0.5) is 0 Å². The molecule has 0 spiro atoms. The van der Waals surface area contributed by atoms with E-state index >= 15 is 0 Å². The lowest BCUT2D eigenvalue weighted by molar-refractivity contribution is -0.128. The van der Waals surface area contributed by atoms with Crippen molar-refractivity contribution in [1.82, 2.24) is 10.2 Å². The van der Waals surface area contributed by atoms with Crippen molar-refractivity contribution in [2.75, 3.05) is 19.6 Å². The number of carbonyl (C=O) groups excluding carboxylic acids is 1. The van der Waals surface area contributed by atoms with E-state index in [0.29, 0.717) is 17.9 Å². The van der Waals surface area contributed by atoms with Gasteiger partial charge >= 0.3 is 0 Å². The number of hydrogen-bond acceptors (Lipinski definition) is 2. The third kappa shape index (κ3) is 4.07. The van der Waals surface area contributed by atoms with Gasteiger partial charge in [-0.2, -0.15) is 0 Å². The molecule has 1 aromatic rings. The number of benzene rings is 1. The largest absolute Gasteiger partial charge is 0.352 e. The van der Waals surface area contributed by atoms with Crippen LogP contribution in [-0.2, 0) is 11.2 Å². The average molecular weight is 286 g/mol. The van der Waals surface area contributed by atoms with Crippen LogP contribution in [0.1, 0.15) is 37.7 Å². The average Bonchev–Trinajstić information content (AvgIpc) is 2.45. The van der Waals surface area contributed by atoms with Crippen LogP contribution in [0.25, 0.3) is 0 Å². The van der Waals surface area contributed by atoms with Gasteiger partial charge in [0, 0.05) is 25.0 Å². The summed E-state index contributed by atoms with van der Waals surface area (Å²) in [6.45, 7) is 3.29. The highest BCUT2D eigenvalue weighted by atomic mass is 16.2. The predicted octanol–water partition coefficient (Wildman–Crippen LogP) is 2.61. The van der Waals surface area contributed by atoms with Gasteiger partial charge in [0.2, 0.25) is 5.91 Å². The van der Waals surface area contributed by atoms with E-state index in [-0.39, 0.29) is 0 Å². The third-order valence-corrected chi connectivity index (χ3v) is 4.89. The maximum absolute atomic E-state index is 12.0. The molecule has 1 heterocycles. The summed E-state index contributed by atoms with van der Waals surface area (Å²) in [6.07, 6.45) is 6.85. The topological polar surface area (TPSA) is 32.3 Å². The van der Waals surface area contributed by atoms with Crippen LogP contribution in [0.2, 0.25) is 0 Å². The smallest absolute Gasteiger partial charge is 0.223 e. The summed E-state index contributed by atoms with van der Waals surface area (Å²) in [6, 6.07) is 11.0. The van der Waals surface area contributed by atoms with Crippen LogP contribution in [0, 0.1) is 5.92 Å². The normalized spacial score (nSPS) is 23.5. The van der Waals surface area contributed by atoms with Gasteiger partial charge in [0.25, 0.3) is 0 Å². The van der Waals surface area contributed by atoms with Gasteiger partial charge in [-0.1, -0.05) is 36.8 Å². The van der Waals surface area contributed by atoms with Crippen molar-refractivity contribution in [2.24, 2.45) is 5.92 Å². The number of carbonyl (C=O) groups is 1. The molecule has 0 radical (unpaired) electrons. The molecule has 114 valence electrons. The molecule has 1 amide bonds. The van der Waals surface area contributed by atoms with Crippen molar-refractivity contribution in [3.63, 3.8) is 0 Å². The van der Waals surface area contributed by atoms with Crippen molar-refractivity contribution < 1.29 is 4.79 Å². The lowest BCUT2D eigenvalue weighted by Crippen LogP contribution is -2.50. The second kappa shape index (κ2) is 7.08. The SMILES string of the molecule is O=C(N[C@@H]1CCCN(CCc2ccccc2)C1)C1CCC1. The lowest BCUT2D eigenvalue weighted by atomic mass is 9.84. The minimum absolute atomic E-state index is 0.302. The number of piperidine rings is 1. The first-order chi connectivity index (χ1) is 10.3. The van der Waals surface area contributed by atoms with Crippen molar-refractivity contribution in [1.29, 1.82) is 0 Å². The summed E-state index contributed by atoms with van der Waals surface area (Å²) in [5, 5.41) is 3.27. The summed E-state index contributed by atoms with van der Waals surface area (Å²) in [5.41, 5.74) is 1.40. The first kappa shape index (κ1) is 14.6. The minimum Gasteiger partial charge on any atom is -0.352 e. The molecular weight excluding hydrogens is 260 g/mol. The van der Waals surface area contributed by atoms with Crippen LogP contribution in [-0.4, -0.2) is 36.5 Å². The number of nitrogens with zero attached hydrogens (tertiary/aromatic N) is 1. The molecule has 3 heteroatoms. The van der Waals surface area contributed by atoms with Crippen LogP contribution in [0.3, 0.4) is 0 Å². The van der Waals surface area contributed by atoms with E-state index in [1.807, 2.05) is 0 Å². The van der Waals surface area contributed by atoms with E-state index in [1.54, 1.807) is 0 Å². The van der Waals surface area contributed by atoms with Gasteiger partial charge < -0.3 is 10.2 Å². The van der Waals surface area contributed by atoms with Crippen LogP contribution in [0.5, 0.6) is 0 Å². The van der Waals surface area contributed by atoms with Gasteiger partial charge in [-0.25, -0.2) is 0 Å². The molecule has 1 aliphatic carbocycles. The first-order valence-electron chi connectivity index (χ1n) is 8.38. The van der Waals surface area contributed by atoms with Crippen molar-refractivity contribution in [3.8, 4) is 0 Å². The van der Waals surface area contributed by atoms with Gasteiger partial charge in [0.15, 0.2) is 0 Å². The molecule has 1 saturated carbocycles. The second-order valence-corrected chi connectivity index (χ2v) is 6.51. The molecule has 1 saturated heterocycles. The zero-order valence-electron chi connectivity index (χ0n) is 12.8. The van der Waals surface area contributed by atoms with Gasteiger partial charge in [-0.15, -0.1) is 0 Å². The van der Waals surface area contributed by atoms with Crippen LogP contribution < -0.4 is 5.32 Å². The molecule has 1 aliphatic heterocycles. The standard InChI is InChI=1S/C18H26N2O/c21-18(16-8-4-9-16)19-17-10-5-12-20(14-17)13-11-15-6-2-1-3-7-15/h1-3,6-7,16-17H,4-5,8-14H2,(H,19,21)/t17-/m1/s1. The molecule has 0 unspecified atom stereocenters. The van der Waals surface area contributed by atoms with Crippen LogP contribution >= 0.6 is 0 Å². The Morgan fingerprint density at radius 3 is 2.67 bits per heavy atom. The summed E-state index contributed by atoms with van der Waals surface area (Å²) in [7, 11) is 0. The molecular formula is C18H26N2O. The highest BCUT2D eigenvalue weighted by molar-refractivity contribution is 5.79. The van der Waals surface area contributed by atoms with Gasteiger partial charge in [0.05, 0.1) is 0 Å². The number of amides is 1. The molecule has 0 aromatic heterocycles. The molecule has 1 atom stereocenters. The Bertz CT molecular complexity index is 456. The van der Waals surface area contributed by atoms with Crippen molar-refractivity contribution in [3.05, 3.63) is 35.9 Å². The number of hydrogen-bond donors (Lipinski definition) is 1. The Kier molecular flexibility index (Phi) is 4.91. The second-order valence-electron chi connectivity index (χ2n) is 6.51. The third-order valence-electron chi connectivity index (χ3n) is 4.89. The van der Waals surface area contributed by atoms with E-state index in [0.717, 1.165) is 38.8 Å². The maximum Gasteiger partial charge on any atom is 0.223 e. The molecule has 21 heavy (non-hydrogen) atoms. The summed E-state index contributed by atoms with van der Waals surface area (Å²) in [5.74, 6) is 0.612. The molecule has 2 aliphatic rings. The van der Waals surface area contributed by atoms with Gasteiger partial charge in [-0.3, -0.25) is 4.79 Å². The molecule has 1 N–H and O–H groups in total. The molecule has 1 aromatic carbocycles. The lowest BCUT2D eigenvalue weighted by Gasteiger charge is -2.35. The van der Waals surface area contributed by atoms with Crippen molar-refractivity contribution >= 4 is 5.91 Å². The van der Waals surface area contributed by atoms with E-state index in [9.17, 15) is 4.79 Å². The maximum atomic E-state index is 12.0. The Morgan fingerprint density at radius 1 is 1.14 bits per heavy atom. The minimum atomic E-state index is 0.302. The quantitative estimate of drug-likeness (QED) is 0.902. The highest BCUT2D eigenvalue weighted by Gasteiger charge is 2.28. The Labute approximate surface area is 127 Å². The highest BCUT2D eigenvalue weighted by Crippen LogP contribution is 2.26. The fraction of sp³-hybridized carbons (Fsp3) is 0.611. The number of likely N-dealkylation sites (tertiary alicyclic amines) is 1. The van der Waals surface area contributed by atoms with E-state index < -0.39 is 0 Å². The summed E-state index contributed by atoms with van der Waals surface area (Å²) < 4.78 is 0. The zero-order chi connectivity index (χ0) is 14.5. The number of rotatable bonds is 5. The van der Waals surface area contributed by atoms with Crippen molar-refractivity contribution in [2.45, 2.75) is 44.6 Å². The van der Waals surface area contributed by atoms with E-state index in [4.69, 9.17) is 0 Å². The zero-order valence-corrected chi connectivity index (χ0v) is 12.8. The van der Waals surface area contributed by atoms with Gasteiger partial charge in [0.1, 0.15) is 0 Å².